The zero-order chi connectivity index (χ0) is 19.8. The summed E-state index contributed by atoms with van der Waals surface area (Å²) in [4.78, 5) is 0. The molecule has 4 nitrogen and oxygen atoms in total. The topological polar surface area (TPSA) is 72.2 Å². The third kappa shape index (κ3) is 3.21. The Balaban J connectivity index is 1.66. The van der Waals surface area contributed by atoms with Gasteiger partial charge in [0, 0.05) is 34.3 Å². The number of fused-ring (bicyclic) bond motifs is 2. The fourth-order valence-corrected chi connectivity index (χ4v) is 3.53. The van der Waals surface area contributed by atoms with Crippen LogP contribution in [-0.4, -0.2) is 0 Å². The minimum Gasteiger partial charge on any atom is -0.457 e. The minimum absolute atomic E-state index is 0.405. The number of anilines is 1. The van der Waals surface area contributed by atoms with Gasteiger partial charge in [-0.25, -0.2) is 0 Å². The highest BCUT2D eigenvalue weighted by Crippen LogP contribution is 2.40. The predicted octanol–water partition coefficient (Wildman–Crippen LogP) is 6.06. The van der Waals surface area contributed by atoms with Crippen LogP contribution in [0.4, 0.5) is 5.69 Å². The Labute approximate surface area is 167 Å². The maximum atomic E-state index is 7.94. The van der Waals surface area contributed by atoms with E-state index in [1.807, 2.05) is 78.9 Å². The smallest absolute Gasteiger partial charge is 0.137 e. The van der Waals surface area contributed by atoms with Crippen molar-refractivity contribution in [3.05, 3.63) is 96.4 Å². The molecule has 0 aromatic heterocycles. The molecule has 1 heterocycles. The Hall–Kier alpha value is -4.05. The van der Waals surface area contributed by atoms with Crippen LogP contribution in [0.1, 0.15) is 0 Å². The number of ether oxygens (including phenoxy) is 1. The number of nitrogens with two attached hydrogens (primary N) is 1. The van der Waals surface area contributed by atoms with Gasteiger partial charge in [-0.3, -0.25) is 0 Å². The Bertz CT molecular complexity index is 1340. The molecule has 0 spiro atoms. The lowest BCUT2D eigenvalue weighted by atomic mass is 9.93. The van der Waals surface area contributed by atoms with Crippen molar-refractivity contribution in [2.45, 2.75) is 0 Å². The molecule has 1 aliphatic carbocycles. The van der Waals surface area contributed by atoms with Crippen LogP contribution in [-0.2, 0) is 0 Å². The summed E-state index contributed by atoms with van der Waals surface area (Å²) in [5, 5.41) is 9.31. The number of para-hydroxylation sites is 1. The van der Waals surface area contributed by atoms with E-state index in [9.17, 15) is 0 Å². The standard InChI is InChI=1S/C25H18N2O2/c26-17-8-12-21-23(14-17)29-24-15-18(27)9-13-22(24)25(21)16-6-10-20(11-7-16)28-19-4-2-1-3-5-19/h1-15,26H,27H2. The lowest BCUT2D eigenvalue weighted by Gasteiger charge is -2.16. The molecule has 140 valence electrons. The maximum Gasteiger partial charge on any atom is 0.137 e. The van der Waals surface area contributed by atoms with Crippen molar-refractivity contribution < 1.29 is 9.15 Å². The summed E-state index contributed by atoms with van der Waals surface area (Å²) < 4.78 is 12.0. The molecular weight excluding hydrogens is 360 g/mol. The van der Waals surface area contributed by atoms with Gasteiger partial charge in [0.05, 0.1) is 5.36 Å². The lowest BCUT2D eigenvalue weighted by Crippen LogP contribution is -2.00. The monoisotopic (exact) mass is 378 g/mol. The first kappa shape index (κ1) is 17.1. The quantitative estimate of drug-likeness (QED) is 0.296. The summed E-state index contributed by atoms with van der Waals surface area (Å²) in [5.41, 5.74) is 10.3. The summed E-state index contributed by atoms with van der Waals surface area (Å²) >= 11 is 0. The summed E-state index contributed by atoms with van der Waals surface area (Å²) in [6.45, 7) is 0. The van der Waals surface area contributed by atoms with Crippen LogP contribution in [0.3, 0.4) is 0 Å². The number of hydrogen-bond donors (Lipinski definition) is 2. The van der Waals surface area contributed by atoms with Crippen molar-refractivity contribution in [2.24, 2.45) is 0 Å². The fourth-order valence-electron chi connectivity index (χ4n) is 3.53. The molecule has 2 aliphatic rings. The number of rotatable bonds is 3. The highest BCUT2D eigenvalue weighted by atomic mass is 16.5. The van der Waals surface area contributed by atoms with Crippen LogP contribution < -0.4 is 15.8 Å². The van der Waals surface area contributed by atoms with Gasteiger partial charge >= 0.3 is 0 Å². The Kier molecular flexibility index (Phi) is 4.03. The Morgan fingerprint density at radius 3 is 2.31 bits per heavy atom. The first-order valence-electron chi connectivity index (χ1n) is 9.31. The second kappa shape index (κ2) is 6.84. The van der Waals surface area contributed by atoms with Crippen LogP contribution >= 0.6 is 0 Å². The number of hydrogen-bond acceptors (Lipinski definition) is 4. The van der Waals surface area contributed by atoms with Crippen LogP contribution in [0.15, 0.2) is 95.4 Å². The van der Waals surface area contributed by atoms with Gasteiger partial charge in [0.25, 0.3) is 0 Å². The van der Waals surface area contributed by atoms with Crippen molar-refractivity contribution >= 4 is 16.7 Å². The Morgan fingerprint density at radius 1 is 0.759 bits per heavy atom. The van der Waals surface area contributed by atoms with Crippen LogP contribution in [0.5, 0.6) is 11.5 Å². The van der Waals surface area contributed by atoms with Crippen molar-refractivity contribution in [3.63, 3.8) is 0 Å². The summed E-state index contributed by atoms with van der Waals surface area (Å²) in [6, 6.07) is 28.8. The normalized spacial score (nSPS) is 11.0. The maximum absolute atomic E-state index is 7.94. The largest absolute Gasteiger partial charge is 0.457 e. The third-order valence-electron chi connectivity index (χ3n) is 4.87. The zero-order valence-corrected chi connectivity index (χ0v) is 15.6. The van der Waals surface area contributed by atoms with Gasteiger partial charge in [-0.05, 0) is 54.1 Å². The molecule has 0 unspecified atom stereocenters. The summed E-state index contributed by atoms with van der Waals surface area (Å²) in [5.74, 6) is 2.23. The van der Waals surface area contributed by atoms with E-state index < -0.39 is 0 Å². The molecule has 3 aromatic carbocycles. The van der Waals surface area contributed by atoms with Crippen molar-refractivity contribution in [1.82, 2.24) is 0 Å². The van der Waals surface area contributed by atoms with E-state index in [1.165, 1.54) is 0 Å². The molecule has 0 atom stereocenters. The van der Waals surface area contributed by atoms with Gasteiger partial charge < -0.3 is 20.3 Å². The highest BCUT2D eigenvalue weighted by molar-refractivity contribution is 6.02. The number of nitrogens with one attached hydrogen (secondary N) is 1. The SMILES string of the molecule is N=c1ccc2c(-c3ccc(Oc4ccccc4)cc3)c3ccc(N)cc3oc-2c1. The molecule has 0 bridgehead atoms. The van der Waals surface area contributed by atoms with Gasteiger partial charge in [0.15, 0.2) is 0 Å². The second-order valence-electron chi connectivity index (χ2n) is 6.88. The first-order valence-corrected chi connectivity index (χ1v) is 9.31. The van der Waals surface area contributed by atoms with E-state index >= 15 is 0 Å². The van der Waals surface area contributed by atoms with Crippen LogP contribution in [0.2, 0.25) is 0 Å². The second-order valence-corrected chi connectivity index (χ2v) is 6.88. The summed E-state index contributed by atoms with van der Waals surface area (Å²) in [7, 11) is 0. The van der Waals surface area contributed by atoms with E-state index in [1.54, 1.807) is 12.1 Å². The molecule has 0 saturated carbocycles. The minimum atomic E-state index is 0.405. The van der Waals surface area contributed by atoms with Crippen molar-refractivity contribution in [1.29, 1.82) is 5.41 Å². The molecule has 3 N–H and O–H groups in total. The molecule has 0 amide bonds. The van der Waals surface area contributed by atoms with Crippen LogP contribution in [0, 0.1) is 5.41 Å². The van der Waals surface area contributed by atoms with Crippen molar-refractivity contribution in [3.8, 4) is 33.9 Å². The molecule has 1 aliphatic heterocycles. The fraction of sp³-hybridized carbons (Fsp3) is 0. The van der Waals surface area contributed by atoms with Gasteiger partial charge in [-0.2, -0.15) is 0 Å². The summed E-state index contributed by atoms with van der Waals surface area (Å²) in [6.07, 6.45) is 0. The van der Waals surface area contributed by atoms with Crippen LogP contribution in [0.25, 0.3) is 33.4 Å². The predicted molar refractivity (Wildman–Crippen MR) is 115 cm³/mol. The molecule has 4 heteroatoms. The van der Waals surface area contributed by atoms with Gasteiger partial charge in [0.2, 0.25) is 0 Å². The lowest BCUT2D eigenvalue weighted by molar-refractivity contribution is 0.483. The van der Waals surface area contributed by atoms with Gasteiger partial charge in [0.1, 0.15) is 22.8 Å². The van der Waals surface area contributed by atoms with E-state index in [0.29, 0.717) is 22.4 Å². The molecule has 29 heavy (non-hydrogen) atoms. The number of benzene rings is 4. The molecule has 0 saturated heterocycles. The van der Waals surface area contributed by atoms with Gasteiger partial charge in [-0.1, -0.05) is 30.3 Å². The average Bonchev–Trinajstić information content (AvgIpc) is 2.73. The third-order valence-corrected chi connectivity index (χ3v) is 4.87. The number of nitrogen functional groups attached to an aromatic ring is 1. The average molecular weight is 378 g/mol. The van der Waals surface area contributed by atoms with E-state index in [0.717, 1.165) is 33.6 Å². The molecular formula is C25H18N2O2. The molecule has 0 fully saturated rings. The van der Waals surface area contributed by atoms with Gasteiger partial charge in [-0.15, -0.1) is 0 Å². The van der Waals surface area contributed by atoms with E-state index in [2.05, 4.69) is 0 Å². The van der Waals surface area contributed by atoms with Crippen molar-refractivity contribution in [2.75, 3.05) is 5.73 Å². The first-order chi connectivity index (χ1) is 14.2. The Morgan fingerprint density at radius 2 is 1.52 bits per heavy atom. The molecule has 3 aromatic rings. The molecule has 5 rings (SSSR count). The zero-order valence-electron chi connectivity index (χ0n) is 15.6. The molecule has 0 radical (unpaired) electrons. The highest BCUT2D eigenvalue weighted by Gasteiger charge is 2.17. The van der Waals surface area contributed by atoms with E-state index in [-0.39, 0.29) is 0 Å². The van der Waals surface area contributed by atoms with E-state index in [4.69, 9.17) is 20.3 Å².